The molecule has 4 nitrogen and oxygen atoms in total. The largest absolute Gasteiger partial charge is 0.347 e. The number of hydrogen-bond donors (Lipinski definition) is 0. The van der Waals surface area contributed by atoms with Crippen molar-refractivity contribution < 1.29 is 18.9 Å². The first-order valence-electron chi connectivity index (χ1n) is 10.6. The third kappa shape index (κ3) is 6.41. The fraction of sp³-hybridized carbons (Fsp3) is 0.667. The summed E-state index contributed by atoms with van der Waals surface area (Å²) in [6.07, 6.45) is 8.23. The molecule has 0 N–H and O–H groups in total. The highest BCUT2D eigenvalue weighted by Crippen LogP contribution is 2.35. The minimum atomic E-state index is -0.586. The van der Waals surface area contributed by atoms with Gasteiger partial charge in [0.2, 0.25) is 0 Å². The SMILES string of the molecule is C=C[C@H]1C[C@H](C[C@H]2C[C@H](CCCc3ccccc3)OC(C)(C)O2)OC(C)(C)O1. The van der Waals surface area contributed by atoms with Gasteiger partial charge in [-0.15, -0.1) is 6.58 Å². The molecule has 2 aliphatic rings. The van der Waals surface area contributed by atoms with Gasteiger partial charge in [-0.1, -0.05) is 36.4 Å². The molecule has 0 amide bonds. The normalized spacial score (nSPS) is 32.0. The Morgan fingerprint density at radius 3 is 2.18 bits per heavy atom. The standard InChI is InChI=1S/C24H36O4/c1-6-19-15-21(27-23(2,3)25-19)17-22-16-20(26-24(4,5)28-22)14-10-13-18-11-8-7-9-12-18/h6-9,11-12,19-22H,1,10,13-17H2,2-5H3/t19-,20-,21+,22+/m0/s1. The molecule has 156 valence electrons. The zero-order valence-corrected chi connectivity index (χ0v) is 17.9. The van der Waals surface area contributed by atoms with Gasteiger partial charge in [0.1, 0.15) is 0 Å². The summed E-state index contributed by atoms with van der Waals surface area (Å²) in [4.78, 5) is 0. The maximum absolute atomic E-state index is 6.24. The van der Waals surface area contributed by atoms with Crippen LogP contribution in [0.3, 0.4) is 0 Å². The molecule has 0 saturated carbocycles. The molecular formula is C24H36O4. The molecule has 1 aromatic carbocycles. The molecule has 2 aliphatic heterocycles. The number of ether oxygens (including phenoxy) is 4. The lowest BCUT2D eigenvalue weighted by atomic mass is 9.95. The number of aryl methyl sites for hydroxylation is 1. The van der Waals surface area contributed by atoms with E-state index >= 15 is 0 Å². The molecule has 0 radical (unpaired) electrons. The van der Waals surface area contributed by atoms with Gasteiger partial charge in [-0.3, -0.25) is 0 Å². The van der Waals surface area contributed by atoms with Crippen LogP contribution in [0.2, 0.25) is 0 Å². The average molecular weight is 389 g/mol. The van der Waals surface area contributed by atoms with Crippen LogP contribution in [-0.2, 0) is 25.4 Å². The van der Waals surface area contributed by atoms with Gasteiger partial charge in [-0.2, -0.15) is 0 Å². The molecule has 4 heteroatoms. The first-order valence-corrected chi connectivity index (χ1v) is 10.6. The summed E-state index contributed by atoms with van der Waals surface area (Å²) in [5.41, 5.74) is 1.39. The molecule has 2 saturated heterocycles. The van der Waals surface area contributed by atoms with Crippen molar-refractivity contribution in [1.82, 2.24) is 0 Å². The Labute approximate surface area is 170 Å². The van der Waals surface area contributed by atoms with Gasteiger partial charge in [-0.05, 0) is 52.5 Å². The maximum Gasteiger partial charge on any atom is 0.163 e. The fourth-order valence-electron chi connectivity index (χ4n) is 4.45. The lowest BCUT2D eigenvalue weighted by Crippen LogP contribution is -2.49. The molecule has 0 aromatic heterocycles. The van der Waals surface area contributed by atoms with E-state index in [4.69, 9.17) is 18.9 Å². The summed E-state index contributed by atoms with van der Waals surface area (Å²) in [6.45, 7) is 11.9. The molecule has 28 heavy (non-hydrogen) atoms. The minimum Gasteiger partial charge on any atom is -0.347 e. The average Bonchev–Trinajstić information content (AvgIpc) is 2.60. The van der Waals surface area contributed by atoms with E-state index in [0.29, 0.717) is 0 Å². The third-order valence-electron chi connectivity index (χ3n) is 5.43. The van der Waals surface area contributed by atoms with Crippen LogP contribution in [0.4, 0.5) is 0 Å². The van der Waals surface area contributed by atoms with Gasteiger partial charge in [-0.25, -0.2) is 0 Å². The van der Waals surface area contributed by atoms with Gasteiger partial charge < -0.3 is 18.9 Å². The van der Waals surface area contributed by atoms with Crippen molar-refractivity contribution in [2.75, 3.05) is 0 Å². The predicted molar refractivity (Wildman–Crippen MR) is 111 cm³/mol. The molecule has 1 aromatic rings. The molecule has 0 spiro atoms. The highest BCUT2D eigenvalue weighted by atomic mass is 16.7. The van der Waals surface area contributed by atoms with Crippen molar-refractivity contribution >= 4 is 0 Å². The molecule has 3 rings (SSSR count). The second kappa shape index (κ2) is 9.08. The summed E-state index contributed by atoms with van der Waals surface area (Å²) >= 11 is 0. The van der Waals surface area contributed by atoms with Crippen molar-refractivity contribution in [3.8, 4) is 0 Å². The Hall–Kier alpha value is -1.20. The monoisotopic (exact) mass is 388 g/mol. The van der Waals surface area contributed by atoms with Crippen molar-refractivity contribution in [2.24, 2.45) is 0 Å². The van der Waals surface area contributed by atoms with E-state index in [1.807, 2.05) is 33.8 Å². The molecule has 0 bridgehead atoms. The van der Waals surface area contributed by atoms with Crippen molar-refractivity contribution in [1.29, 1.82) is 0 Å². The first-order chi connectivity index (χ1) is 13.2. The Morgan fingerprint density at radius 1 is 0.893 bits per heavy atom. The number of benzene rings is 1. The lowest BCUT2D eigenvalue weighted by molar-refractivity contribution is -0.321. The van der Waals surface area contributed by atoms with E-state index in [9.17, 15) is 0 Å². The first kappa shape index (κ1) is 21.5. The third-order valence-corrected chi connectivity index (χ3v) is 5.43. The van der Waals surface area contributed by atoms with Crippen LogP contribution in [0.25, 0.3) is 0 Å². The summed E-state index contributed by atoms with van der Waals surface area (Å²) in [6, 6.07) is 10.7. The second-order valence-corrected chi connectivity index (χ2v) is 9.00. The zero-order chi connectivity index (χ0) is 20.2. The Bertz CT molecular complexity index is 625. The molecule has 0 aliphatic carbocycles. The van der Waals surface area contributed by atoms with E-state index in [1.54, 1.807) is 0 Å². The minimum absolute atomic E-state index is 0.0308. The Balaban J connectivity index is 1.53. The second-order valence-electron chi connectivity index (χ2n) is 9.00. The molecule has 4 atom stereocenters. The maximum atomic E-state index is 6.24. The van der Waals surface area contributed by atoms with Gasteiger partial charge >= 0.3 is 0 Å². The van der Waals surface area contributed by atoms with E-state index in [2.05, 4.69) is 36.9 Å². The fourth-order valence-corrected chi connectivity index (χ4v) is 4.45. The van der Waals surface area contributed by atoms with Crippen LogP contribution in [-0.4, -0.2) is 36.0 Å². The smallest absolute Gasteiger partial charge is 0.163 e. The van der Waals surface area contributed by atoms with Gasteiger partial charge in [0.25, 0.3) is 0 Å². The van der Waals surface area contributed by atoms with Crippen LogP contribution in [0.1, 0.15) is 65.4 Å². The summed E-state index contributed by atoms with van der Waals surface area (Å²) < 4.78 is 24.5. The number of rotatable bonds is 7. The van der Waals surface area contributed by atoms with Crippen LogP contribution in [0.15, 0.2) is 43.0 Å². The van der Waals surface area contributed by atoms with E-state index in [1.165, 1.54) is 5.56 Å². The highest BCUT2D eigenvalue weighted by molar-refractivity contribution is 5.14. The van der Waals surface area contributed by atoms with Gasteiger partial charge in [0.15, 0.2) is 11.6 Å². The van der Waals surface area contributed by atoms with E-state index in [-0.39, 0.29) is 24.4 Å². The lowest BCUT2D eigenvalue weighted by Gasteiger charge is -2.44. The Morgan fingerprint density at radius 2 is 1.50 bits per heavy atom. The van der Waals surface area contributed by atoms with Crippen LogP contribution in [0, 0.1) is 0 Å². The molecule has 2 heterocycles. The van der Waals surface area contributed by atoms with Crippen molar-refractivity contribution in [3.63, 3.8) is 0 Å². The topological polar surface area (TPSA) is 36.9 Å². The Kier molecular flexibility index (Phi) is 6.98. The van der Waals surface area contributed by atoms with Crippen molar-refractivity contribution in [2.45, 2.75) is 102 Å². The highest BCUT2D eigenvalue weighted by Gasteiger charge is 2.40. The van der Waals surface area contributed by atoms with Crippen LogP contribution >= 0.6 is 0 Å². The van der Waals surface area contributed by atoms with Crippen molar-refractivity contribution in [3.05, 3.63) is 48.6 Å². The summed E-state index contributed by atoms with van der Waals surface area (Å²) in [7, 11) is 0. The molecule has 0 unspecified atom stereocenters. The van der Waals surface area contributed by atoms with E-state index < -0.39 is 11.6 Å². The van der Waals surface area contributed by atoms with Gasteiger partial charge in [0.05, 0.1) is 24.4 Å². The van der Waals surface area contributed by atoms with Crippen LogP contribution in [0.5, 0.6) is 0 Å². The summed E-state index contributed by atoms with van der Waals surface area (Å²) in [5, 5.41) is 0. The number of hydrogen-bond acceptors (Lipinski definition) is 4. The quantitative estimate of drug-likeness (QED) is 0.586. The molecular weight excluding hydrogens is 352 g/mol. The predicted octanol–water partition coefficient (Wildman–Crippen LogP) is 5.41. The van der Waals surface area contributed by atoms with Crippen LogP contribution < -0.4 is 0 Å². The molecule has 2 fully saturated rings. The summed E-state index contributed by atoms with van der Waals surface area (Å²) in [5.74, 6) is -1.14. The van der Waals surface area contributed by atoms with Gasteiger partial charge in [0, 0.05) is 19.3 Å². The van der Waals surface area contributed by atoms with E-state index in [0.717, 1.165) is 38.5 Å². The zero-order valence-electron chi connectivity index (χ0n) is 17.9.